The Morgan fingerprint density at radius 1 is 1.33 bits per heavy atom. The molecule has 126 valence electrons. The molecule has 2 fully saturated rings. The average molecular weight is 324 g/mol. The summed E-state index contributed by atoms with van der Waals surface area (Å²) in [5.41, 5.74) is 2.54. The molecule has 1 spiro atoms. The molecule has 2 heterocycles. The smallest absolute Gasteiger partial charge is 0.227 e. The summed E-state index contributed by atoms with van der Waals surface area (Å²) in [6, 6.07) is 8.16. The van der Waals surface area contributed by atoms with Gasteiger partial charge in [-0.15, -0.1) is 10.2 Å². The monoisotopic (exact) mass is 324 g/mol. The molecule has 1 aromatic carbocycles. The molecule has 1 saturated heterocycles. The van der Waals surface area contributed by atoms with Gasteiger partial charge in [-0.1, -0.05) is 30.7 Å². The first-order valence-corrected chi connectivity index (χ1v) is 8.75. The fourth-order valence-electron chi connectivity index (χ4n) is 4.34. The van der Waals surface area contributed by atoms with Crippen molar-refractivity contribution in [1.82, 2.24) is 19.7 Å². The molecule has 4 rings (SSSR count). The Hall–Kier alpha value is -2.17. The molecule has 1 aromatic heterocycles. The number of benzene rings is 1. The number of carbonyl (C=O) groups excluding carboxylic acids is 1. The zero-order chi connectivity index (χ0) is 16.7. The second kappa shape index (κ2) is 5.72. The number of amides is 1. The summed E-state index contributed by atoms with van der Waals surface area (Å²) in [6.07, 6.45) is 5.90. The van der Waals surface area contributed by atoms with Gasteiger partial charge in [-0.05, 0) is 36.3 Å². The molecule has 5 heteroatoms. The molecule has 2 aliphatic rings. The Morgan fingerprint density at radius 2 is 2.12 bits per heavy atom. The van der Waals surface area contributed by atoms with Crippen molar-refractivity contribution in [3.8, 4) is 0 Å². The van der Waals surface area contributed by atoms with Gasteiger partial charge in [0.25, 0.3) is 0 Å². The first-order valence-electron chi connectivity index (χ1n) is 8.75. The zero-order valence-corrected chi connectivity index (χ0v) is 14.4. The standard InChI is InChI=1S/C19H24N4O/c1-14-6-3-4-7-15(14)10-17(24)23-11-16(18-21-20-13-22(18)2)19(12-23)8-5-9-19/h3-4,6-7,13,16H,5,8-12H2,1-2H3. The molecule has 0 radical (unpaired) electrons. The van der Waals surface area contributed by atoms with Crippen LogP contribution < -0.4 is 0 Å². The van der Waals surface area contributed by atoms with E-state index in [1.807, 2.05) is 23.7 Å². The van der Waals surface area contributed by atoms with E-state index >= 15 is 0 Å². The zero-order valence-electron chi connectivity index (χ0n) is 14.4. The molecule has 1 aliphatic carbocycles. The minimum absolute atomic E-state index is 0.224. The van der Waals surface area contributed by atoms with Crippen LogP contribution in [0, 0.1) is 12.3 Å². The first kappa shape index (κ1) is 15.4. The Labute approximate surface area is 142 Å². The lowest BCUT2D eigenvalue weighted by Gasteiger charge is -2.42. The van der Waals surface area contributed by atoms with Gasteiger partial charge in [0.15, 0.2) is 0 Å². The largest absolute Gasteiger partial charge is 0.341 e. The molecule has 1 amide bonds. The highest BCUT2D eigenvalue weighted by molar-refractivity contribution is 5.79. The highest BCUT2D eigenvalue weighted by Crippen LogP contribution is 2.55. The average Bonchev–Trinajstić information content (AvgIpc) is 3.12. The van der Waals surface area contributed by atoms with Gasteiger partial charge in [0, 0.05) is 26.1 Å². The molecule has 5 nitrogen and oxygen atoms in total. The van der Waals surface area contributed by atoms with Gasteiger partial charge < -0.3 is 9.47 Å². The fourth-order valence-corrected chi connectivity index (χ4v) is 4.34. The summed E-state index contributed by atoms with van der Waals surface area (Å²) >= 11 is 0. The molecular formula is C19H24N4O. The predicted molar refractivity (Wildman–Crippen MR) is 91.5 cm³/mol. The minimum Gasteiger partial charge on any atom is -0.341 e. The van der Waals surface area contributed by atoms with Crippen molar-refractivity contribution in [2.45, 2.75) is 38.5 Å². The van der Waals surface area contributed by atoms with Crippen LogP contribution in [0.2, 0.25) is 0 Å². The van der Waals surface area contributed by atoms with Crippen LogP contribution in [0.1, 0.15) is 42.1 Å². The molecule has 0 bridgehead atoms. The van der Waals surface area contributed by atoms with Crippen LogP contribution in [-0.4, -0.2) is 38.7 Å². The summed E-state index contributed by atoms with van der Waals surface area (Å²) < 4.78 is 2.01. The Morgan fingerprint density at radius 3 is 2.75 bits per heavy atom. The van der Waals surface area contributed by atoms with E-state index in [9.17, 15) is 4.79 Å². The second-order valence-corrected chi connectivity index (χ2v) is 7.45. The van der Waals surface area contributed by atoms with Crippen LogP contribution in [0.25, 0.3) is 0 Å². The first-order chi connectivity index (χ1) is 11.6. The number of carbonyl (C=O) groups is 1. The Bertz CT molecular complexity index is 762. The molecule has 1 atom stereocenters. The van der Waals surface area contributed by atoms with Crippen molar-refractivity contribution in [1.29, 1.82) is 0 Å². The highest BCUT2D eigenvalue weighted by Gasteiger charge is 2.53. The van der Waals surface area contributed by atoms with E-state index < -0.39 is 0 Å². The molecule has 24 heavy (non-hydrogen) atoms. The summed E-state index contributed by atoms with van der Waals surface area (Å²) in [6.45, 7) is 3.72. The maximum Gasteiger partial charge on any atom is 0.227 e. The van der Waals surface area contributed by atoms with E-state index in [0.717, 1.165) is 24.5 Å². The molecule has 1 unspecified atom stereocenters. The molecule has 1 aliphatic heterocycles. The molecule has 2 aromatic rings. The van der Waals surface area contributed by atoms with Crippen molar-refractivity contribution in [2.24, 2.45) is 12.5 Å². The van der Waals surface area contributed by atoms with Crippen molar-refractivity contribution in [3.63, 3.8) is 0 Å². The third-order valence-electron chi connectivity index (χ3n) is 6.01. The van der Waals surface area contributed by atoms with E-state index in [1.54, 1.807) is 6.33 Å². The van der Waals surface area contributed by atoms with Crippen LogP contribution in [0.4, 0.5) is 0 Å². The topological polar surface area (TPSA) is 51.0 Å². The predicted octanol–water partition coefficient (Wildman–Crippen LogP) is 2.46. The number of aromatic nitrogens is 3. The van der Waals surface area contributed by atoms with E-state index in [2.05, 4.69) is 34.2 Å². The van der Waals surface area contributed by atoms with E-state index in [0.29, 0.717) is 12.3 Å². The normalized spacial score (nSPS) is 21.9. The SMILES string of the molecule is Cc1ccccc1CC(=O)N1CC(c2nncn2C)C2(CCC2)C1. The summed E-state index contributed by atoms with van der Waals surface area (Å²) in [5, 5.41) is 8.39. The van der Waals surface area contributed by atoms with Crippen LogP contribution in [-0.2, 0) is 18.3 Å². The summed E-state index contributed by atoms with van der Waals surface area (Å²) in [5.74, 6) is 1.58. The summed E-state index contributed by atoms with van der Waals surface area (Å²) in [4.78, 5) is 14.9. The van der Waals surface area contributed by atoms with Crippen molar-refractivity contribution in [2.75, 3.05) is 13.1 Å². The number of hydrogen-bond donors (Lipinski definition) is 0. The van der Waals surface area contributed by atoms with Gasteiger partial charge in [-0.2, -0.15) is 0 Å². The van der Waals surface area contributed by atoms with Crippen LogP contribution in [0.5, 0.6) is 0 Å². The Kier molecular flexibility index (Phi) is 3.66. The fraction of sp³-hybridized carbons (Fsp3) is 0.526. The number of hydrogen-bond acceptors (Lipinski definition) is 3. The molecular weight excluding hydrogens is 300 g/mol. The molecule has 0 N–H and O–H groups in total. The number of likely N-dealkylation sites (tertiary alicyclic amines) is 1. The van der Waals surface area contributed by atoms with Gasteiger partial charge in [0.05, 0.1) is 6.42 Å². The van der Waals surface area contributed by atoms with Gasteiger partial charge in [-0.25, -0.2) is 0 Å². The highest BCUT2D eigenvalue weighted by atomic mass is 16.2. The minimum atomic E-state index is 0.224. The van der Waals surface area contributed by atoms with E-state index in [1.165, 1.54) is 24.8 Å². The lowest BCUT2D eigenvalue weighted by Crippen LogP contribution is -2.38. The number of rotatable bonds is 3. The lowest BCUT2D eigenvalue weighted by molar-refractivity contribution is -0.130. The van der Waals surface area contributed by atoms with Gasteiger partial charge in [0.2, 0.25) is 5.91 Å². The van der Waals surface area contributed by atoms with Crippen LogP contribution >= 0.6 is 0 Å². The van der Waals surface area contributed by atoms with Gasteiger partial charge in [-0.3, -0.25) is 4.79 Å². The number of aryl methyl sites for hydroxylation is 2. The van der Waals surface area contributed by atoms with Gasteiger partial charge in [0.1, 0.15) is 12.2 Å². The number of nitrogens with zero attached hydrogens (tertiary/aromatic N) is 4. The lowest BCUT2D eigenvalue weighted by atomic mass is 9.62. The quantitative estimate of drug-likeness (QED) is 0.871. The van der Waals surface area contributed by atoms with Crippen LogP contribution in [0.3, 0.4) is 0 Å². The van der Waals surface area contributed by atoms with Crippen molar-refractivity contribution in [3.05, 3.63) is 47.5 Å². The van der Waals surface area contributed by atoms with E-state index in [-0.39, 0.29) is 11.3 Å². The third-order valence-corrected chi connectivity index (χ3v) is 6.01. The second-order valence-electron chi connectivity index (χ2n) is 7.45. The van der Waals surface area contributed by atoms with Crippen LogP contribution in [0.15, 0.2) is 30.6 Å². The van der Waals surface area contributed by atoms with E-state index in [4.69, 9.17) is 0 Å². The maximum atomic E-state index is 12.9. The van der Waals surface area contributed by atoms with Crippen molar-refractivity contribution >= 4 is 5.91 Å². The molecule has 1 saturated carbocycles. The van der Waals surface area contributed by atoms with Crippen molar-refractivity contribution < 1.29 is 4.79 Å². The third kappa shape index (κ3) is 2.43. The maximum absolute atomic E-state index is 12.9. The summed E-state index contributed by atoms with van der Waals surface area (Å²) in [7, 11) is 2.00. The van der Waals surface area contributed by atoms with Gasteiger partial charge >= 0.3 is 0 Å². The Balaban J connectivity index is 1.54.